The highest BCUT2D eigenvalue weighted by Crippen LogP contribution is 2.56. The summed E-state index contributed by atoms with van der Waals surface area (Å²) in [5.74, 6) is 0. The first-order valence-electron chi connectivity index (χ1n) is 22.3. The van der Waals surface area contributed by atoms with Crippen LogP contribution in [-0.4, -0.2) is 0 Å². The van der Waals surface area contributed by atoms with Gasteiger partial charge in [0.05, 0.1) is 17.1 Å². The highest BCUT2D eigenvalue weighted by atomic mass is 15.1. The SMILES string of the molecule is CC1(C)c2ccccc2-c2ccc(-c3ccccc3N(c3ccccc3-c3ccc4c(ccc5ccccc54)c3)c3ccccc3-c3cccc4c3C(C)(C)c3ccccc3-4)cc21. The molecule has 0 amide bonds. The summed E-state index contributed by atoms with van der Waals surface area (Å²) in [7, 11) is 0. The summed E-state index contributed by atoms with van der Waals surface area (Å²) in [4.78, 5) is 2.55. The Morgan fingerprint density at radius 1 is 0.286 bits per heavy atom. The van der Waals surface area contributed by atoms with Crippen molar-refractivity contribution >= 4 is 38.6 Å². The van der Waals surface area contributed by atoms with Gasteiger partial charge in [-0.25, -0.2) is 0 Å². The van der Waals surface area contributed by atoms with Crippen molar-refractivity contribution < 1.29 is 0 Å². The van der Waals surface area contributed by atoms with Crippen LogP contribution in [0.3, 0.4) is 0 Å². The number of fused-ring (bicyclic) bond motifs is 9. The zero-order valence-electron chi connectivity index (χ0n) is 36.2. The molecule has 0 saturated carbocycles. The Balaban J connectivity index is 1.11. The first kappa shape index (κ1) is 37.3. The molecule has 1 heteroatoms. The van der Waals surface area contributed by atoms with Crippen LogP contribution in [0.1, 0.15) is 49.9 Å². The number of rotatable bonds is 6. The molecule has 300 valence electrons. The Hall–Kier alpha value is -7.48. The van der Waals surface area contributed by atoms with Crippen molar-refractivity contribution in [3.63, 3.8) is 0 Å². The second-order valence-corrected chi connectivity index (χ2v) is 18.4. The van der Waals surface area contributed by atoms with Crippen LogP contribution in [-0.2, 0) is 10.8 Å². The Morgan fingerprint density at radius 3 is 1.43 bits per heavy atom. The topological polar surface area (TPSA) is 3.24 Å². The summed E-state index contributed by atoms with van der Waals surface area (Å²) in [6.07, 6.45) is 0. The molecule has 0 fully saturated rings. The van der Waals surface area contributed by atoms with Crippen LogP contribution in [0, 0.1) is 0 Å². The van der Waals surface area contributed by atoms with Crippen LogP contribution >= 0.6 is 0 Å². The summed E-state index contributed by atoms with van der Waals surface area (Å²) in [5.41, 5.74) is 21.1. The summed E-state index contributed by atoms with van der Waals surface area (Å²) in [6, 6.07) is 79.2. The first-order chi connectivity index (χ1) is 30.8. The second kappa shape index (κ2) is 14.0. The molecule has 0 heterocycles. The van der Waals surface area contributed by atoms with Crippen molar-refractivity contribution in [2.24, 2.45) is 0 Å². The molecule has 2 aliphatic carbocycles. The van der Waals surface area contributed by atoms with Crippen molar-refractivity contribution in [3.8, 4) is 55.6 Å². The third-order valence-electron chi connectivity index (χ3n) is 14.3. The van der Waals surface area contributed by atoms with Gasteiger partial charge in [0, 0.05) is 27.5 Å². The molecule has 63 heavy (non-hydrogen) atoms. The largest absolute Gasteiger partial charge is 0.309 e. The van der Waals surface area contributed by atoms with Gasteiger partial charge in [0.25, 0.3) is 0 Å². The fourth-order valence-corrected chi connectivity index (χ4v) is 11.2. The van der Waals surface area contributed by atoms with E-state index in [1.54, 1.807) is 0 Å². The van der Waals surface area contributed by atoms with E-state index in [4.69, 9.17) is 0 Å². The van der Waals surface area contributed by atoms with E-state index in [1.165, 1.54) is 99.4 Å². The minimum atomic E-state index is -0.180. The van der Waals surface area contributed by atoms with Crippen molar-refractivity contribution in [1.29, 1.82) is 0 Å². The van der Waals surface area contributed by atoms with E-state index in [0.29, 0.717) is 0 Å². The molecule has 0 aromatic heterocycles. The van der Waals surface area contributed by atoms with Crippen LogP contribution in [0.2, 0.25) is 0 Å². The highest BCUT2D eigenvalue weighted by molar-refractivity contribution is 6.09. The van der Waals surface area contributed by atoms with Crippen molar-refractivity contribution in [3.05, 3.63) is 235 Å². The highest BCUT2D eigenvalue weighted by Gasteiger charge is 2.39. The summed E-state index contributed by atoms with van der Waals surface area (Å²) >= 11 is 0. The minimum Gasteiger partial charge on any atom is -0.309 e. The Bertz CT molecular complexity index is 3470. The molecule has 2 aliphatic rings. The zero-order valence-corrected chi connectivity index (χ0v) is 36.2. The lowest BCUT2D eigenvalue weighted by atomic mass is 9.78. The average molecular weight is 806 g/mol. The number of hydrogen-bond donors (Lipinski definition) is 0. The van der Waals surface area contributed by atoms with Gasteiger partial charge in [-0.1, -0.05) is 210 Å². The van der Waals surface area contributed by atoms with Gasteiger partial charge in [0.15, 0.2) is 0 Å². The standard InChI is InChI=1S/C62H47N/c1-61(2)54-27-12-7-22-48(54)50-37-35-43(39-56(50)61)47-21-10-15-30-58(47)63(57-29-14-9-20-46(57)42-34-36-45-41(38-42)33-32-40-18-5-6-19-44(40)45)59-31-16-11-24-51(59)53-26-17-25-52-49-23-8-13-28-55(49)62(3,4)60(52)53/h5-39H,1-4H3. The van der Waals surface area contributed by atoms with Crippen LogP contribution in [0.15, 0.2) is 212 Å². The summed E-state index contributed by atoms with van der Waals surface area (Å²) in [6.45, 7) is 9.53. The Morgan fingerprint density at radius 2 is 0.730 bits per heavy atom. The average Bonchev–Trinajstić information content (AvgIpc) is 3.71. The summed E-state index contributed by atoms with van der Waals surface area (Å²) in [5, 5.41) is 5.04. The molecule has 0 aliphatic heterocycles. The fourth-order valence-electron chi connectivity index (χ4n) is 11.2. The number of anilines is 3. The maximum absolute atomic E-state index is 2.55. The van der Waals surface area contributed by atoms with E-state index in [1.807, 2.05) is 0 Å². The second-order valence-electron chi connectivity index (χ2n) is 18.4. The van der Waals surface area contributed by atoms with Gasteiger partial charge in [-0.3, -0.25) is 0 Å². The van der Waals surface area contributed by atoms with Crippen molar-refractivity contribution in [2.75, 3.05) is 4.90 Å². The Labute approximate surface area is 370 Å². The maximum Gasteiger partial charge on any atom is 0.0540 e. The van der Waals surface area contributed by atoms with Crippen molar-refractivity contribution in [2.45, 2.75) is 38.5 Å². The van der Waals surface area contributed by atoms with Crippen LogP contribution < -0.4 is 4.90 Å². The minimum absolute atomic E-state index is 0.116. The normalized spacial score (nSPS) is 14.0. The lowest BCUT2D eigenvalue weighted by molar-refractivity contribution is 0.660. The molecule has 12 rings (SSSR count). The number of nitrogens with zero attached hydrogens (tertiary/aromatic N) is 1. The van der Waals surface area contributed by atoms with Gasteiger partial charge in [0.1, 0.15) is 0 Å². The number of hydrogen-bond acceptors (Lipinski definition) is 1. The van der Waals surface area contributed by atoms with Gasteiger partial charge in [-0.15, -0.1) is 0 Å². The smallest absolute Gasteiger partial charge is 0.0540 e. The van der Waals surface area contributed by atoms with E-state index in [-0.39, 0.29) is 10.8 Å². The lowest BCUT2D eigenvalue weighted by Crippen LogP contribution is -2.17. The molecular formula is C62H47N. The lowest BCUT2D eigenvalue weighted by Gasteiger charge is -2.33. The molecule has 0 unspecified atom stereocenters. The molecule has 10 aromatic carbocycles. The van der Waals surface area contributed by atoms with Gasteiger partial charge in [-0.2, -0.15) is 0 Å². The number of benzene rings is 10. The molecule has 10 aromatic rings. The van der Waals surface area contributed by atoms with E-state index < -0.39 is 0 Å². The summed E-state index contributed by atoms with van der Waals surface area (Å²) < 4.78 is 0. The molecule has 0 radical (unpaired) electrons. The Kier molecular flexibility index (Phi) is 8.30. The quantitative estimate of drug-likeness (QED) is 0.151. The fraction of sp³-hybridized carbons (Fsp3) is 0.0968. The van der Waals surface area contributed by atoms with E-state index in [9.17, 15) is 0 Å². The predicted molar refractivity (Wildman–Crippen MR) is 268 cm³/mol. The van der Waals surface area contributed by atoms with Crippen LogP contribution in [0.4, 0.5) is 17.1 Å². The zero-order chi connectivity index (χ0) is 42.5. The van der Waals surface area contributed by atoms with Crippen molar-refractivity contribution in [1.82, 2.24) is 0 Å². The van der Waals surface area contributed by atoms with Crippen LogP contribution in [0.25, 0.3) is 77.2 Å². The molecule has 0 saturated heterocycles. The molecule has 0 spiro atoms. The number of para-hydroxylation sites is 3. The molecule has 1 nitrogen and oxygen atoms in total. The maximum atomic E-state index is 2.55. The molecule has 0 N–H and O–H groups in total. The van der Waals surface area contributed by atoms with E-state index in [0.717, 1.165) is 17.1 Å². The van der Waals surface area contributed by atoms with E-state index in [2.05, 4.69) is 245 Å². The molecular weight excluding hydrogens is 759 g/mol. The monoisotopic (exact) mass is 805 g/mol. The molecule has 0 bridgehead atoms. The first-order valence-corrected chi connectivity index (χ1v) is 22.3. The van der Waals surface area contributed by atoms with Gasteiger partial charge >= 0.3 is 0 Å². The third kappa shape index (κ3) is 5.62. The third-order valence-corrected chi connectivity index (χ3v) is 14.3. The van der Waals surface area contributed by atoms with Gasteiger partial charge in [-0.05, 0) is 113 Å². The van der Waals surface area contributed by atoms with E-state index >= 15 is 0 Å². The molecule has 0 atom stereocenters. The van der Waals surface area contributed by atoms with Crippen LogP contribution in [0.5, 0.6) is 0 Å². The predicted octanol–water partition coefficient (Wildman–Crippen LogP) is 17.1. The van der Waals surface area contributed by atoms with Gasteiger partial charge in [0.2, 0.25) is 0 Å². The van der Waals surface area contributed by atoms with Gasteiger partial charge < -0.3 is 4.90 Å².